The molecule has 3 aromatic rings. The number of aromatic nitrogens is 3. The summed E-state index contributed by atoms with van der Waals surface area (Å²) >= 11 is 1.25. The van der Waals surface area contributed by atoms with Gasteiger partial charge in [-0.15, -0.1) is 16.8 Å². The maximum atomic E-state index is 12.3. The first-order valence-electron chi connectivity index (χ1n) is 9.05. The van der Waals surface area contributed by atoms with Gasteiger partial charge in [-0.1, -0.05) is 35.5 Å². The highest BCUT2D eigenvalue weighted by Gasteiger charge is 2.15. The number of rotatable bonds is 9. The molecule has 0 unspecified atom stereocenters. The zero-order valence-corrected chi connectivity index (χ0v) is 17.0. The molecule has 1 amide bonds. The molecule has 3 rings (SSSR count). The summed E-state index contributed by atoms with van der Waals surface area (Å²) in [4.78, 5) is 12.3. The van der Waals surface area contributed by atoms with Crippen molar-refractivity contribution in [3.05, 3.63) is 66.7 Å². The Hall–Kier alpha value is -3.20. The largest absolute Gasteiger partial charge is 0.435 e. The summed E-state index contributed by atoms with van der Waals surface area (Å²) in [5, 5.41) is 11.8. The maximum Gasteiger partial charge on any atom is 0.387 e. The average Bonchev–Trinajstić information content (AvgIpc) is 3.11. The van der Waals surface area contributed by atoms with E-state index in [9.17, 15) is 13.6 Å². The average molecular weight is 430 g/mol. The van der Waals surface area contributed by atoms with Gasteiger partial charge in [0, 0.05) is 17.8 Å². The first kappa shape index (κ1) is 21.5. The van der Waals surface area contributed by atoms with Gasteiger partial charge in [0.2, 0.25) is 5.91 Å². The Labute approximate surface area is 177 Å². The molecule has 0 spiro atoms. The smallest absolute Gasteiger partial charge is 0.387 e. The van der Waals surface area contributed by atoms with E-state index >= 15 is 0 Å². The highest BCUT2D eigenvalue weighted by molar-refractivity contribution is 7.99. The number of halogens is 2. The van der Waals surface area contributed by atoms with Crippen LogP contribution in [0.5, 0.6) is 5.75 Å². The van der Waals surface area contributed by atoms with Crippen LogP contribution in [0, 0.1) is 6.92 Å². The molecule has 1 N–H and O–H groups in total. The number of nitrogens with one attached hydrogen (secondary N) is 1. The van der Waals surface area contributed by atoms with Crippen molar-refractivity contribution in [2.75, 3.05) is 11.1 Å². The number of hydrogen-bond donors (Lipinski definition) is 1. The minimum atomic E-state index is -2.88. The van der Waals surface area contributed by atoms with Crippen molar-refractivity contribution in [2.45, 2.75) is 25.2 Å². The number of allylic oxidation sites excluding steroid dienone is 1. The molecular formula is C21H20F2N4O2S. The maximum absolute atomic E-state index is 12.3. The van der Waals surface area contributed by atoms with Crippen molar-refractivity contribution >= 4 is 23.4 Å². The van der Waals surface area contributed by atoms with E-state index in [1.165, 1.54) is 23.9 Å². The fourth-order valence-electron chi connectivity index (χ4n) is 2.65. The predicted octanol–water partition coefficient (Wildman–Crippen LogP) is 4.77. The van der Waals surface area contributed by atoms with Crippen LogP contribution in [-0.4, -0.2) is 33.0 Å². The second-order valence-corrected chi connectivity index (χ2v) is 7.25. The number of carbonyl (C=O) groups excluding carboxylic acids is 1. The third-order valence-corrected chi connectivity index (χ3v) is 5.00. The Morgan fingerprint density at radius 3 is 2.53 bits per heavy atom. The molecular weight excluding hydrogens is 410 g/mol. The first-order chi connectivity index (χ1) is 14.5. The van der Waals surface area contributed by atoms with Crippen molar-refractivity contribution in [3.8, 4) is 17.1 Å². The summed E-state index contributed by atoms with van der Waals surface area (Å²) in [5.74, 6) is 0.600. The van der Waals surface area contributed by atoms with Crippen LogP contribution in [0.25, 0.3) is 11.4 Å². The summed E-state index contributed by atoms with van der Waals surface area (Å²) in [7, 11) is 0. The van der Waals surface area contributed by atoms with E-state index in [-0.39, 0.29) is 17.4 Å². The molecule has 9 heteroatoms. The SMILES string of the molecule is C=CCn1c(SCC(=O)Nc2ccc(C)cc2)nnc1-c1ccc(OC(F)F)cc1. The molecule has 0 saturated heterocycles. The van der Waals surface area contributed by atoms with Crippen LogP contribution in [0.1, 0.15) is 5.56 Å². The van der Waals surface area contributed by atoms with Crippen LogP contribution in [0.3, 0.4) is 0 Å². The summed E-state index contributed by atoms with van der Waals surface area (Å²) in [6, 6.07) is 13.7. The third-order valence-electron chi connectivity index (χ3n) is 4.03. The zero-order chi connectivity index (χ0) is 21.5. The highest BCUT2D eigenvalue weighted by atomic mass is 32.2. The van der Waals surface area contributed by atoms with Crippen LogP contribution in [-0.2, 0) is 11.3 Å². The number of alkyl halides is 2. The van der Waals surface area contributed by atoms with Crippen molar-refractivity contribution < 1.29 is 18.3 Å². The number of nitrogens with zero attached hydrogens (tertiary/aromatic N) is 3. The van der Waals surface area contributed by atoms with E-state index in [0.717, 1.165) is 11.3 Å². The second-order valence-electron chi connectivity index (χ2n) is 6.31. The number of thioether (sulfide) groups is 1. The standard InChI is InChI=1S/C21H20F2N4O2S/c1-3-12-27-19(15-6-10-17(11-7-15)29-20(22)23)25-26-21(27)30-13-18(28)24-16-8-4-14(2)5-9-16/h3-11,20H,1,12-13H2,2H3,(H,24,28). The normalized spacial score (nSPS) is 10.8. The molecule has 2 aromatic carbocycles. The number of ether oxygens (including phenoxy) is 1. The minimum absolute atomic E-state index is 0.0610. The molecule has 0 bridgehead atoms. The number of anilines is 1. The van der Waals surface area contributed by atoms with E-state index in [1.54, 1.807) is 22.8 Å². The molecule has 0 fully saturated rings. The van der Waals surface area contributed by atoms with Crippen molar-refractivity contribution in [1.82, 2.24) is 14.8 Å². The Balaban J connectivity index is 1.70. The fourth-order valence-corrected chi connectivity index (χ4v) is 3.40. The van der Waals surface area contributed by atoms with Crippen LogP contribution in [0.15, 0.2) is 66.3 Å². The summed E-state index contributed by atoms with van der Waals surface area (Å²) in [5.41, 5.74) is 2.52. The van der Waals surface area contributed by atoms with Gasteiger partial charge in [-0.3, -0.25) is 9.36 Å². The molecule has 156 valence electrons. The summed E-state index contributed by atoms with van der Waals surface area (Å²) in [6.07, 6.45) is 1.69. The van der Waals surface area contributed by atoms with Gasteiger partial charge < -0.3 is 10.1 Å². The molecule has 1 heterocycles. The van der Waals surface area contributed by atoms with E-state index in [1.807, 2.05) is 31.2 Å². The van der Waals surface area contributed by atoms with Gasteiger partial charge in [-0.05, 0) is 43.3 Å². The molecule has 6 nitrogen and oxygen atoms in total. The van der Waals surface area contributed by atoms with Gasteiger partial charge in [0.05, 0.1) is 5.75 Å². The number of hydrogen-bond acceptors (Lipinski definition) is 5. The van der Waals surface area contributed by atoms with Crippen molar-refractivity contribution in [2.24, 2.45) is 0 Å². The third kappa shape index (κ3) is 5.66. The Kier molecular flexibility index (Phi) is 7.18. The molecule has 30 heavy (non-hydrogen) atoms. The fraction of sp³-hybridized carbons (Fsp3) is 0.190. The Bertz CT molecular complexity index is 1000. The zero-order valence-electron chi connectivity index (χ0n) is 16.2. The Morgan fingerprint density at radius 2 is 1.90 bits per heavy atom. The van der Waals surface area contributed by atoms with Gasteiger partial charge in [0.15, 0.2) is 11.0 Å². The number of aryl methyl sites for hydroxylation is 1. The number of amides is 1. The molecule has 0 aliphatic heterocycles. The molecule has 0 saturated carbocycles. The van der Waals surface area contributed by atoms with Crippen LogP contribution in [0.4, 0.5) is 14.5 Å². The van der Waals surface area contributed by atoms with Crippen molar-refractivity contribution in [3.63, 3.8) is 0 Å². The first-order valence-corrected chi connectivity index (χ1v) is 10.0. The number of benzene rings is 2. The van der Waals surface area contributed by atoms with Gasteiger partial charge in [-0.25, -0.2) is 0 Å². The van der Waals surface area contributed by atoms with E-state index in [4.69, 9.17) is 0 Å². The van der Waals surface area contributed by atoms with Gasteiger partial charge in [0.1, 0.15) is 5.75 Å². The van der Waals surface area contributed by atoms with E-state index in [0.29, 0.717) is 23.1 Å². The van der Waals surface area contributed by atoms with Gasteiger partial charge in [-0.2, -0.15) is 8.78 Å². The lowest BCUT2D eigenvalue weighted by Crippen LogP contribution is -2.14. The molecule has 0 aliphatic rings. The topological polar surface area (TPSA) is 69.0 Å². The quantitative estimate of drug-likeness (QED) is 0.391. The lowest BCUT2D eigenvalue weighted by Gasteiger charge is -2.09. The van der Waals surface area contributed by atoms with E-state index in [2.05, 4.69) is 26.8 Å². The van der Waals surface area contributed by atoms with Crippen LogP contribution in [0.2, 0.25) is 0 Å². The monoisotopic (exact) mass is 430 g/mol. The molecule has 0 atom stereocenters. The van der Waals surface area contributed by atoms with Crippen LogP contribution >= 0.6 is 11.8 Å². The summed E-state index contributed by atoms with van der Waals surface area (Å²) in [6.45, 7) is 3.27. The molecule has 0 aliphatic carbocycles. The Morgan fingerprint density at radius 1 is 1.20 bits per heavy atom. The predicted molar refractivity (Wildman–Crippen MR) is 113 cm³/mol. The molecule has 0 radical (unpaired) electrons. The molecule has 1 aromatic heterocycles. The van der Waals surface area contributed by atoms with Crippen LogP contribution < -0.4 is 10.1 Å². The van der Waals surface area contributed by atoms with Crippen molar-refractivity contribution in [1.29, 1.82) is 0 Å². The highest BCUT2D eigenvalue weighted by Crippen LogP contribution is 2.26. The minimum Gasteiger partial charge on any atom is -0.435 e. The van der Waals surface area contributed by atoms with Gasteiger partial charge in [0.25, 0.3) is 0 Å². The second kappa shape index (κ2) is 10.0. The lowest BCUT2D eigenvalue weighted by molar-refractivity contribution is -0.113. The van der Waals surface area contributed by atoms with E-state index < -0.39 is 6.61 Å². The van der Waals surface area contributed by atoms with Gasteiger partial charge >= 0.3 is 6.61 Å². The summed E-state index contributed by atoms with van der Waals surface area (Å²) < 4.78 is 30.8. The lowest BCUT2D eigenvalue weighted by atomic mass is 10.2. The number of carbonyl (C=O) groups is 1.